The van der Waals surface area contributed by atoms with Crippen LogP contribution < -0.4 is 5.73 Å². The third-order valence-electron chi connectivity index (χ3n) is 3.40. The van der Waals surface area contributed by atoms with Crippen LogP contribution in [0, 0.1) is 0 Å². The number of nitrogens with two attached hydrogens (primary N) is 1. The molecule has 0 radical (unpaired) electrons. The highest BCUT2D eigenvalue weighted by Crippen LogP contribution is 2.44. The smallest absolute Gasteiger partial charge is 0.0942 e. The number of hydrogen-bond acceptors (Lipinski definition) is 2. The minimum atomic E-state index is 0.659. The summed E-state index contributed by atoms with van der Waals surface area (Å²) >= 11 is 14.0. The number of fused-ring (bicyclic) bond motifs is 1. The lowest BCUT2D eigenvalue weighted by Crippen LogP contribution is -2.00. The minimum Gasteiger partial charge on any atom is -0.390 e. The van der Waals surface area contributed by atoms with Gasteiger partial charge < -0.3 is 5.73 Å². The third kappa shape index (κ3) is 2.03. The molecule has 1 aliphatic rings. The molecular weight excluding hydrogens is 285 g/mol. The highest BCUT2D eigenvalue weighted by molar-refractivity contribution is 7.16. The summed E-state index contributed by atoms with van der Waals surface area (Å²) in [5.41, 5.74) is 9.73. The van der Waals surface area contributed by atoms with Crippen LogP contribution in [0.1, 0.15) is 23.3 Å². The van der Waals surface area contributed by atoms with Crippen molar-refractivity contribution in [2.75, 3.05) is 5.73 Å². The Morgan fingerprint density at radius 1 is 1.11 bits per heavy atom. The summed E-state index contributed by atoms with van der Waals surface area (Å²) in [6.07, 6.45) is 4.76. The van der Waals surface area contributed by atoms with Crippen LogP contribution in [-0.4, -0.2) is 0 Å². The molecule has 0 saturated heterocycles. The first-order valence-electron chi connectivity index (χ1n) is 6.02. The molecule has 94 valence electrons. The molecule has 2 aromatic rings. The summed E-state index contributed by atoms with van der Waals surface area (Å²) < 4.78 is 0. The highest BCUT2D eigenvalue weighted by atomic mass is 35.5. The van der Waals surface area contributed by atoms with Gasteiger partial charge in [0.15, 0.2) is 0 Å². The van der Waals surface area contributed by atoms with Gasteiger partial charge in [-0.25, -0.2) is 0 Å². The van der Waals surface area contributed by atoms with Gasteiger partial charge in [-0.15, -0.1) is 11.3 Å². The quantitative estimate of drug-likeness (QED) is 0.771. The molecule has 4 heteroatoms. The number of anilines is 1. The van der Waals surface area contributed by atoms with Gasteiger partial charge in [0, 0.05) is 26.0 Å². The molecule has 2 N–H and O–H groups in total. The van der Waals surface area contributed by atoms with Crippen LogP contribution in [-0.2, 0) is 12.8 Å². The number of hydrogen-bond donors (Lipinski definition) is 1. The van der Waals surface area contributed by atoms with Crippen LogP contribution >= 0.6 is 34.5 Å². The Morgan fingerprint density at radius 2 is 1.89 bits per heavy atom. The van der Waals surface area contributed by atoms with Gasteiger partial charge in [-0.3, -0.25) is 0 Å². The molecule has 1 aromatic heterocycles. The SMILES string of the molecule is Nc1sc2c(c1-c1ccc(Cl)cc1Cl)CCCC2. The minimum absolute atomic E-state index is 0.659. The molecule has 18 heavy (non-hydrogen) atoms. The van der Waals surface area contributed by atoms with E-state index in [9.17, 15) is 0 Å². The van der Waals surface area contributed by atoms with Crippen molar-refractivity contribution < 1.29 is 0 Å². The second-order valence-corrected chi connectivity index (χ2v) is 6.55. The lowest BCUT2D eigenvalue weighted by Gasteiger charge is -2.13. The maximum absolute atomic E-state index is 6.30. The lowest BCUT2D eigenvalue weighted by molar-refractivity contribution is 0.698. The van der Waals surface area contributed by atoms with E-state index in [0.29, 0.717) is 10.0 Å². The van der Waals surface area contributed by atoms with E-state index in [-0.39, 0.29) is 0 Å². The molecule has 1 nitrogen and oxygen atoms in total. The monoisotopic (exact) mass is 297 g/mol. The van der Waals surface area contributed by atoms with Crippen molar-refractivity contribution in [2.24, 2.45) is 0 Å². The highest BCUT2D eigenvalue weighted by Gasteiger charge is 2.21. The van der Waals surface area contributed by atoms with Gasteiger partial charge in [0.1, 0.15) is 0 Å². The van der Waals surface area contributed by atoms with E-state index in [4.69, 9.17) is 28.9 Å². The van der Waals surface area contributed by atoms with Gasteiger partial charge in [0.05, 0.1) is 5.00 Å². The van der Waals surface area contributed by atoms with Gasteiger partial charge in [-0.05, 0) is 43.4 Å². The second kappa shape index (κ2) is 4.76. The van der Waals surface area contributed by atoms with Crippen molar-refractivity contribution >= 4 is 39.5 Å². The summed E-state index contributed by atoms with van der Waals surface area (Å²) in [5, 5.41) is 2.22. The van der Waals surface area contributed by atoms with Gasteiger partial charge >= 0.3 is 0 Å². The summed E-state index contributed by atoms with van der Waals surface area (Å²) in [6.45, 7) is 0. The molecule has 0 unspecified atom stereocenters. The summed E-state index contributed by atoms with van der Waals surface area (Å²) in [5.74, 6) is 0. The zero-order valence-electron chi connectivity index (χ0n) is 9.80. The molecule has 1 aliphatic carbocycles. The average molecular weight is 298 g/mol. The number of nitrogen functional groups attached to an aromatic ring is 1. The van der Waals surface area contributed by atoms with Crippen molar-refractivity contribution in [3.8, 4) is 11.1 Å². The molecule has 3 rings (SSSR count). The fourth-order valence-electron chi connectivity index (χ4n) is 2.57. The van der Waals surface area contributed by atoms with Crippen molar-refractivity contribution in [1.29, 1.82) is 0 Å². The Balaban J connectivity index is 2.19. The maximum atomic E-state index is 6.30. The first-order chi connectivity index (χ1) is 8.66. The number of benzene rings is 1. The topological polar surface area (TPSA) is 26.0 Å². The molecule has 0 aliphatic heterocycles. The molecule has 0 bridgehead atoms. The van der Waals surface area contributed by atoms with E-state index in [1.165, 1.54) is 23.3 Å². The fraction of sp³-hybridized carbons (Fsp3) is 0.286. The number of rotatable bonds is 1. The van der Waals surface area contributed by atoms with Crippen LogP contribution in [0.25, 0.3) is 11.1 Å². The van der Waals surface area contributed by atoms with E-state index in [1.807, 2.05) is 12.1 Å². The van der Waals surface area contributed by atoms with Gasteiger partial charge in [-0.2, -0.15) is 0 Å². The first kappa shape index (κ1) is 12.3. The lowest BCUT2D eigenvalue weighted by atomic mass is 9.92. The van der Waals surface area contributed by atoms with E-state index < -0.39 is 0 Å². The maximum Gasteiger partial charge on any atom is 0.0942 e. The Labute approximate surface area is 121 Å². The van der Waals surface area contributed by atoms with Gasteiger partial charge in [0.25, 0.3) is 0 Å². The molecule has 0 amide bonds. The zero-order valence-corrected chi connectivity index (χ0v) is 12.1. The van der Waals surface area contributed by atoms with E-state index in [1.54, 1.807) is 17.4 Å². The van der Waals surface area contributed by atoms with E-state index >= 15 is 0 Å². The van der Waals surface area contributed by atoms with Crippen molar-refractivity contribution in [3.63, 3.8) is 0 Å². The Morgan fingerprint density at radius 3 is 2.67 bits per heavy atom. The van der Waals surface area contributed by atoms with Crippen molar-refractivity contribution in [1.82, 2.24) is 0 Å². The largest absolute Gasteiger partial charge is 0.390 e. The van der Waals surface area contributed by atoms with Crippen molar-refractivity contribution in [3.05, 3.63) is 38.7 Å². The van der Waals surface area contributed by atoms with Crippen LogP contribution in [0.15, 0.2) is 18.2 Å². The number of thiophene rings is 1. The summed E-state index contributed by atoms with van der Waals surface area (Å²) in [7, 11) is 0. The van der Waals surface area contributed by atoms with Crippen LogP contribution in [0.4, 0.5) is 5.00 Å². The Kier molecular flexibility index (Phi) is 3.27. The standard InChI is InChI=1S/C14H13Cl2NS/c15-8-5-6-9(11(16)7-8)13-10-3-1-2-4-12(10)18-14(13)17/h5-7H,1-4,17H2. The molecule has 0 fully saturated rings. The average Bonchev–Trinajstić information content (AvgIpc) is 2.66. The normalized spacial score (nSPS) is 14.6. The predicted octanol–water partition coefficient (Wildman–Crippen LogP) is 5.18. The molecular formula is C14H13Cl2NS. The molecule has 0 spiro atoms. The molecule has 1 aromatic carbocycles. The number of aryl methyl sites for hydroxylation is 1. The zero-order chi connectivity index (χ0) is 12.7. The van der Waals surface area contributed by atoms with E-state index in [2.05, 4.69) is 0 Å². The van der Waals surface area contributed by atoms with Crippen LogP contribution in [0.5, 0.6) is 0 Å². The van der Waals surface area contributed by atoms with E-state index in [0.717, 1.165) is 29.0 Å². The Hall–Kier alpha value is -0.700. The molecule has 1 heterocycles. The summed E-state index contributed by atoms with van der Waals surface area (Å²) in [6, 6.07) is 5.62. The third-order valence-corrected chi connectivity index (χ3v) is 5.07. The van der Waals surface area contributed by atoms with Gasteiger partial charge in [0.2, 0.25) is 0 Å². The fourth-order valence-corrected chi connectivity index (χ4v) is 4.25. The van der Waals surface area contributed by atoms with Crippen LogP contribution in [0.2, 0.25) is 10.0 Å². The predicted molar refractivity (Wildman–Crippen MR) is 80.8 cm³/mol. The molecule has 0 saturated carbocycles. The summed E-state index contributed by atoms with van der Waals surface area (Å²) in [4.78, 5) is 1.43. The Bertz CT molecular complexity index is 604. The van der Waals surface area contributed by atoms with Crippen LogP contribution in [0.3, 0.4) is 0 Å². The van der Waals surface area contributed by atoms with Gasteiger partial charge in [-0.1, -0.05) is 29.3 Å². The number of halogens is 2. The molecule has 0 atom stereocenters. The second-order valence-electron chi connectivity index (χ2n) is 4.57. The first-order valence-corrected chi connectivity index (χ1v) is 7.59. The van der Waals surface area contributed by atoms with Crippen molar-refractivity contribution in [2.45, 2.75) is 25.7 Å².